The van der Waals surface area contributed by atoms with Crippen molar-refractivity contribution in [1.29, 1.82) is 0 Å². The van der Waals surface area contributed by atoms with Gasteiger partial charge in [0.25, 0.3) is 0 Å². The summed E-state index contributed by atoms with van der Waals surface area (Å²) in [5, 5.41) is 1.19. The minimum Gasteiger partial charge on any atom is -0.497 e. The fourth-order valence-corrected chi connectivity index (χ4v) is 2.63. The Balaban J connectivity index is 2.23. The number of nitrogens with one attached hydrogen (secondary N) is 1. The number of rotatable bonds is 5. The van der Waals surface area contributed by atoms with Crippen LogP contribution in [0, 0.1) is 0 Å². The molecule has 20 heavy (non-hydrogen) atoms. The molecule has 0 aliphatic carbocycles. The molecular formula is C15H16Cl2N2O. The minimum atomic E-state index is -0.0710. The van der Waals surface area contributed by atoms with E-state index in [4.69, 9.17) is 33.8 Å². The Morgan fingerprint density at radius 1 is 1.15 bits per heavy atom. The molecule has 0 aliphatic heterocycles. The van der Waals surface area contributed by atoms with Crippen LogP contribution in [0.2, 0.25) is 10.0 Å². The van der Waals surface area contributed by atoms with E-state index in [1.807, 2.05) is 36.4 Å². The monoisotopic (exact) mass is 310 g/mol. The molecule has 1 atom stereocenters. The van der Waals surface area contributed by atoms with E-state index in [-0.39, 0.29) is 6.04 Å². The highest BCUT2D eigenvalue weighted by Gasteiger charge is 2.12. The van der Waals surface area contributed by atoms with Crippen molar-refractivity contribution in [3.05, 3.63) is 63.6 Å². The number of halogens is 2. The van der Waals surface area contributed by atoms with E-state index < -0.39 is 0 Å². The molecule has 0 heterocycles. The zero-order valence-electron chi connectivity index (χ0n) is 11.1. The number of ether oxygens (including phenoxy) is 1. The van der Waals surface area contributed by atoms with Crippen LogP contribution in [-0.2, 0) is 6.42 Å². The van der Waals surface area contributed by atoms with Gasteiger partial charge in [0, 0.05) is 10.0 Å². The quantitative estimate of drug-likeness (QED) is 0.653. The predicted octanol–water partition coefficient (Wildman–Crippen LogP) is 3.75. The molecular weight excluding hydrogens is 295 g/mol. The summed E-state index contributed by atoms with van der Waals surface area (Å²) in [5.74, 6) is 6.48. The lowest BCUT2D eigenvalue weighted by molar-refractivity contribution is 0.414. The highest BCUT2D eigenvalue weighted by Crippen LogP contribution is 2.26. The molecule has 106 valence electrons. The lowest BCUT2D eigenvalue weighted by atomic mass is 9.99. The van der Waals surface area contributed by atoms with Gasteiger partial charge in [-0.2, -0.15) is 0 Å². The van der Waals surface area contributed by atoms with Crippen LogP contribution in [0.15, 0.2) is 42.5 Å². The maximum absolute atomic E-state index is 6.03. The van der Waals surface area contributed by atoms with Crippen molar-refractivity contribution >= 4 is 23.2 Å². The van der Waals surface area contributed by atoms with Crippen LogP contribution in [0.4, 0.5) is 0 Å². The number of hydrazine groups is 1. The van der Waals surface area contributed by atoms with E-state index >= 15 is 0 Å². The second kappa shape index (κ2) is 6.95. The number of methoxy groups -OCH3 is 1. The summed E-state index contributed by atoms with van der Waals surface area (Å²) in [5.41, 5.74) is 4.87. The Morgan fingerprint density at radius 2 is 1.85 bits per heavy atom. The maximum atomic E-state index is 6.03. The lowest BCUT2D eigenvalue weighted by Gasteiger charge is -2.17. The summed E-state index contributed by atoms with van der Waals surface area (Å²) in [6.45, 7) is 0. The first-order valence-electron chi connectivity index (χ1n) is 6.17. The normalized spacial score (nSPS) is 12.2. The zero-order valence-corrected chi connectivity index (χ0v) is 12.6. The Bertz CT molecular complexity index is 570. The molecule has 0 spiro atoms. The van der Waals surface area contributed by atoms with Crippen molar-refractivity contribution in [3.63, 3.8) is 0 Å². The van der Waals surface area contributed by atoms with Gasteiger partial charge in [-0.05, 0) is 47.9 Å². The molecule has 2 aromatic carbocycles. The van der Waals surface area contributed by atoms with Crippen LogP contribution < -0.4 is 16.0 Å². The molecule has 1 unspecified atom stereocenters. The second-order valence-electron chi connectivity index (χ2n) is 4.48. The number of benzene rings is 2. The first-order chi connectivity index (χ1) is 9.62. The molecule has 0 aromatic heterocycles. The first-order valence-corrected chi connectivity index (χ1v) is 6.93. The van der Waals surface area contributed by atoms with Gasteiger partial charge in [0.1, 0.15) is 5.75 Å². The second-order valence-corrected chi connectivity index (χ2v) is 5.35. The first kappa shape index (κ1) is 15.1. The zero-order chi connectivity index (χ0) is 14.5. The smallest absolute Gasteiger partial charge is 0.119 e. The Morgan fingerprint density at radius 3 is 2.45 bits per heavy atom. The molecule has 0 fully saturated rings. The molecule has 3 nitrogen and oxygen atoms in total. The molecule has 0 aliphatic rings. The lowest BCUT2D eigenvalue weighted by Crippen LogP contribution is -2.29. The van der Waals surface area contributed by atoms with E-state index in [9.17, 15) is 0 Å². The predicted molar refractivity (Wildman–Crippen MR) is 83.2 cm³/mol. The summed E-state index contributed by atoms with van der Waals surface area (Å²) in [4.78, 5) is 0. The summed E-state index contributed by atoms with van der Waals surface area (Å²) in [7, 11) is 1.65. The molecule has 2 aromatic rings. The number of nitrogens with two attached hydrogens (primary N) is 1. The van der Waals surface area contributed by atoms with Crippen LogP contribution in [0.1, 0.15) is 17.2 Å². The summed E-state index contributed by atoms with van der Waals surface area (Å²) >= 11 is 12.1. The van der Waals surface area contributed by atoms with Crippen LogP contribution in [0.25, 0.3) is 0 Å². The molecule has 0 radical (unpaired) electrons. The largest absolute Gasteiger partial charge is 0.497 e. The fraction of sp³-hybridized carbons (Fsp3) is 0.200. The third kappa shape index (κ3) is 3.87. The average molecular weight is 311 g/mol. The molecule has 0 bridgehead atoms. The SMILES string of the molecule is COc1cccc(CC(NN)c2cc(Cl)cc(Cl)c2)c1. The highest BCUT2D eigenvalue weighted by atomic mass is 35.5. The average Bonchev–Trinajstić information content (AvgIpc) is 2.44. The van der Waals surface area contributed by atoms with Gasteiger partial charge in [-0.25, -0.2) is 0 Å². The van der Waals surface area contributed by atoms with Crippen LogP contribution >= 0.6 is 23.2 Å². The van der Waals surface area contributed by atoms with Gasteiger partial charge in [-0.15, -0.1) is 0 Å². The van der Waals surface area contributed by atoms with E-state index in [0.717, 1.165) is 16.9 Å². The number of hydrogen-bond donors (Lipinski definition) is 2. The third-order valence-electron chi connectivity index (χ3n) is 3.06. The molecule has 0 saturated carbocycles. The van der Waals surface area contributed by atoms with E-state index in [1.54, 1.807) is 13.2 Å². The Kier molecular flexibility index (Phi) is 5.26. The van der Waals surface area contributed by atoms with Gasteiger partial charge in [0.05, 0.1) is 13.2 Å². The van der Waals surface area contributed by atoms with E-state index in [1.165, 1.54) is 0 Å². The van der Waals surface area contributed by atoms with Crippen molar-refractivity contribution in [3.8, 4) is 5.75 Å². The van der Waals surface area contributed by atoms with Gasteiger partial charge in [0.15, 0.2) is 0 Å². The molecule has 2 rings (SSSR count). The van der Waals surface area contributed by atoms with Crippen molar-refractivity contribution < 1.29 is 4.74 Å². The summed E-state index contributed by atoms with van der Waals surface area (Å²) in [6.07, 6.45) is 0.713. The van der Waals surface area contributed by atoms with Gasteiger partial charge >= 0.3 is 0 Å². The van der Waals surface area contributed by atoms with Gasteiger partial charge in [-0.3, -0.25) is 11.3 Å². The molecule has 5 heteroatoms. The van der Waals surface area contributed by atoms with E-state index in [0.29, 0.717) is 16.5 Å². The standard InChI is InChI=1S/C15H16Cl2N2O/c1-20-14-4-2-3-10(5-14)6-15(19-18)11-7-12(16)9-13(17)8-11/h2-5,7-9,15,19H,6,18H2,1H3. The Labute approximate surface area is 128 Å². The van der Waals surface area contributed by atoms with Crippen LogP contribution in [-0.4, -0.2) is 7.11 Å². The van der Waals surface area contributed by atoms with Crippen molar-refractivity contribution in [2.45, 2.75) is 12.5 Å². The van der Waals surface area contributed by atoms with E-state index in [2.05, 4.69) is 5.43 Å². The minimum absolute atomic E-state index is 0.0710. The van der Waals surface area contributed by atoms with Crippen LogP contribution in [0.3, 0.4) is 0 Å². The topological polar surface area (TPSA) is 47.3 Å². The third-order valence-corrected chi connectivity index (χ3v) is 3.50. The summed E-state index contributed by atoms with van der Waals surface area (Å²) in [6, 6.07) is 13.2. The van der Waals surface area contributed by atoms with Crippen molar-refractivity contribution in [2.24, 2.45) is 5.84 Å². The Hall–Kier alpha value is -1.26. The number of hydrogen-bond acceptors (Lipinski definition) is 3. The maximum Gasteiger partial charge on any atom is 0.119 e. The van der Waals surface area contributed by atoms with Crippen molar-refractivity contribution in [1.82, 2.24) is 5.43 Å². The van der Waals surface area contributed by atoms with Crippen LogP contribution in [0.5, 0.6) is 5.75 Å². The molecule has 0 amide bonds. The molecule has 3 N–H and O–H groups in total. The van der Waals surface area contributed by atoms with Gasteiger partial charge in [-0.1, -0.05) is 35.3 Å². The van der Waals surface area contributed by atoms with Gasteiger partial charge in [0.2, 0.25) is 0 Å². The van der Waals surface area contributed by atoms with Gasteiger partial charge < -0.3 is 4.74 Å². The fourth-order valence-electron chi connectivity index (χ4n) is 2.08. The van der Waals surface area contributed by atoms with Crippen molar-refractivity contribution in [2.75, 3.05) is 7.11 Å². The molecule has 0 saturated heterocycles. The summed E-state index contributed by atoms with van der Waals surface area (Å²) < 4.78 is 5.22. The highest BCUT2D eigenvalue weighted by molar-refractivity contribution is 6.34.